The Kier molecular flexibility index (Phi) is 6.14. The molecule has 0 aliphatic rings. The third kappa shape index (κ3) is 4.25. The summed E-state index contributed by atoms with van der Waals surface area (Å²) in [4.78, 5) is 5.08. The quantitative estimate of drug-likeness (QED) is 0.196. The van der Waals surface area contributed by atoms with Gasteiger partial charge in [-0.05, 0) is 59.7 Å². The average molecular weight is 588 g/mol. The van der Waals surface area contributed by atoms with Gasteiger partial charge in [-0.1, -0.05) is 127 Å². The van der Waals surface area contributed by atoms with Crippen LogP contribution in [0.25, 0.3) is 77.9 Å². The van der Waals surface area contributed by atoms with E-state index in [-0.39, 0.29) is 0 Å². The van der Waals surface area contributed by atoms with Crippen molar-refractivity contribution in [1.29, 1.82) is 0 Å². The van der Waals surface area contributed by atoms with Crippen LogP contribution >= 0.6 is 0 Å². The Morgan fingerprint density at radius 3 is 1.24 bits per heavy atom. The molecule has 0 saturated heterocycles. The van der Waals surface area contributed by atoms with Crippen LogP contribution in [0.4, 0.5) is 0 Å². The maximum absolute atomic E-state index is 5.08. The molecular weight excluding hydrogens is 558 g/mol. The van der Waals surface area contributed by atoms with Gasteiger partial charge in [-0.25, -0.2) is 4.98 Å². The maximum Gasteiger partial charge on any atom is 0.0803 e. The minimum absolute atomic E-state index is 0.966. The molecule has 0 spiro atoms. The van der Waals surface area contributed by atoms with Crippen molar-refractivity contribution in [3.05, 3.63) is 176 Å². The van der Waals surface area contributed by atoms with E-state index in [4.69, 9.17) is 4.98 Å². The number of aromatic nitrogens is 3. The molecule has 3 aromatic heterocycles. The van der Waals surface area contributed by atoms with Crippen LogP contribution in [0.3, 0.4) is 0 Å². The van der Waals surface area contributed by atoms with Gasteiger partial charge in [-0.15, -0.1) is 0 Å². The number of fused-ring (bicyclic) bond motifs is 5. The van der Waals surface area contributed by atoms with Crippen molar-refractivity contribution in [2.24, 2.45) is 0 Å². The van der Waals surface area contributed by atoms with Gasteiger partial charge in [0.15, 0.2) is 0 Å². The van der Waals surface area contributed by atoms with Gasteiger partial charge < -0.3 is 9.13 Å². The second kappa shape index (κ2) is 10.8. The largest absolute Gasteiger partial charge is 0.307 e. The molecule has 0 radical (unpaired) electrons. The number of hydrogen-bond acceptors (Lipinski definition) is 1. The highest BCUT2D eigenvalue weighted by molar-refractivity contribution is 6.19. The summed E-state index contributed by atoms with van der Waals surface area (Å²) in [6, 6.07) is 62.4. The molecule has 0 bridgehead atoms. The zero-order chi connectivity index (χ0) is 30.5. The Balaban J connectivity index is 1.24. The molecule has 9 aromatic rings. The van der Waals surface area contributed by atoms with E-state index in [9.17, 15) is 0 Å². The minimum Gasteiger partial charge on any atom is -0.307 e. The molecule has 3 nitrogen and oxygen atoms in total. The van der Waals surface area contributed by atoms with Crippen LogP contribution in [0, 0.1) is 0 Å². The van der Waals surface area contributed by atoms with Crippen LogP contribution in [0.2, 0.25) is 0 Å². The van der Waals surface area contributed by atoms with Gasteiger partial charge in [0, 0.05) is 33.3 Å². The van der Waals surface area contributed by atoms with E-state index in [1.54, 1.807) is 0 Å². The van der Waals surface area contributed by atoms with E-state index in [0.717, 1.165) is 45.0 Å². The molecule has 0 unspecified atom stereocenters. The summed E-state index contributed by atoms with van der Waals surface area (Å²) >= 11 is 0. The fourth-order valence-electron chi connectivity index (χ4n) is 6.81. The van der Waals surface area contributed by atoms with Crippen molar-refractivity contribution < 1.29 is 0 Å². The van der Waals surface area contributed by atoms with E-state index < -0.39 is 0 Å². The number of hydrogen-bond donors (Lipinski definition) is 0. The van der Waals surface area contributed by atoms with Gasteiger partial charge >= 0.3 is 0 Å². The molecule has 0 amide bonds. The fraction of sp³-hybridized carbons (Fsp3) is 0. The average Bonchev–Trinajstić information content (AvgIpc) is 3.65. The van der Waals surface area contributed by atoms with Gasteiger partial charge in [-0.2, -0.15) is 0 Å². The molecule has 9 rings (SSSR count). The first-order valence-corrected chi connectivity index (χ1v) is 15.7. The third-order valence-electron chi connectivity index (χ3n) is 8.91. The summed E-state index contributed by atoms with van der Waals surface area (Å²) in [5, 5.41) is 2.46. The van der Waals surface area contributed by atoms with E-state index in [0.29, 0.717) is 0 Å². The molecule has 6 aromatic carbocycles. The first-order chi connectivity index (χ1) is 22.8. The van der Waals surface area contributed by atoms with Gasteiger partial charge in [0.25, 0.3) is 0 Å². The first kappa shape index (κ1) is 26.2. The van der Waals surface area contributed by atoms with Gasteiger partial charge in [0.1, 0.15) is 0 Å². The summed E-state index contributed by atoms with van der Waals surface area (Å²) in [5.74, 6) is 0. The number of rotatable bonds is 5. The van der Waals surface area contributed by atoms with Gasteiger partial charge in [0.2, 0.25) is 0 Å². The standard InChI is InChI=1S/C43H29N3/c1-4-14-31(15-5-1)38-28-33(29-39(44-38)32-16-6-2-7-17-32)30-24-26-35(27-25-30)46-41-23-13-11-21-37(41)42-43(46)36-20-10-12-22-40(36)45(42)34-18-8-3-9-19-34/h1-29H. The molecule has 3 heteroatoms. The van der Waals surface area contributed by atoms with E-state index in [2.05, 4.69) is 173 Å². The highest BCUT2D eigenvalue weighted by atomic mass is 15.1. The minimum atomic E-state index is 0.966. The normalized spacial score (nSPS) is 11.5. The van der Waals surface area contributed by atoms with Crippen LogP contribution < -0.4 is 0 Å². The first-order valence-electron chi connectivity index (χ1n) is 15.7. The summed E-state index contributed by atoms with van der Waals surface area (Å²) in [5.41, 5.74) is 13.6. The summed E-state index contributed by atoms with van der Waals surface area (Å²) in [6.45, 7) is 0. The Bertz CT molecular complexity index is 2430. The fourth-order valence-corrected chi connectivity index (χ4v) is 6.81. The topological polar surface area (TPSA) is 22.8 Å². The van der Waals surface area contributed by atoms with Crippen molar-refractivity contribution in [3.63, 3.8) is 0 Å². The van der Waals surface area contributed by atoms with Crippen molar-refractivity contribution in [1.82, 2.24) is 14.1 Å². The van der Waals surface area contributed by atoms with E-state index in [1.807, 2.05) is 12.1 Å². The number of para-hydroxylation sites is 3. The third-order valence-corrected chi connectivity index (χ3v) is 8.91. The predicted molar refractivity (Wildman–Crippen MR) is 192 cm³/mol. The van der Waals surface area contributed by atoms with Crippen LogP contribution in [-0.4, -0.2) is 14.1 Å². The van der Waals surface area contributed by atoms with Crippen molar-refractivity contribution in [2.75, 3.05) is 0 Å². The lowest BCUT2D eigenvalue weighted by atomic mass is 10.00. The molecule has 46 heavy (non-hydrogen) atoms. The Morgan fingerprint density at radius 2 is 0.739 bits per heavy atom. The highest BCUT2D eigenvalue weighted by Gasteiger charge is 2.21. The SMILES string of the molecule is c1ccc(-c2cc(-c3ccc(-n4c5ccccc5c5c4c4ccccc4n5-c4ccccc4)cc3)cc(-c3ccccc3)n2)cc1. The smallest absolute Gasteiger partial charge is 0.0803 e. The maximum atomic E-state index is 5.08. The zero-order valence-electron chi connectivity index (χ0n) is 25.1. The van der Waals surface area contributed by atoms with Gasteiger partial charge in [0.05, 0.1) is 33.5 Å². The van der Waals surface area contributed by atoms with E-state index >= 15 is 0 Å². The number of pyridine rings is 1. The van der Waals surface area contributed by atoms with Crippen LogP contribution in [0.5, 0.6) is 0 Å². The van der Waals surface area contributed by atoms with Crippen LogP contribution in [-0.2, 0) is 0 Å². The number of nitrogens with zero attached hydrogens (tertiary/aromatic N) is 3. The zero-order valence-corrected chi connectivity index (χ0v) is 25.1. The molecule has 0 saturated carbocycles. The second-order valence-corrected chi connectivity index (χ2v) is 11.6. The Morgan fingerprint density at radius 1 is 0.326 bits per heavy atom. The second-order valence-electron chi connectivity index (χ2n) is 11.6. The number of benzene rings is 6. The summed E-state index contributed by atoms with van der Waals surface area (Å²) in [6.07, 6.45) is 0. The van der Waals surface area contributed by atoms with Crippen LogP contribution in [0.15, 0.2) is 176 Å². The summed E-state index contributed by atoms with van der Waals surface area (Å²) < 4.78 is 4.83. The lowest BCUT2D eigenvalue weighted by molar-refractivity contribution is 1.17. The van der Waals surface area contributed by atoms with Gasteiger partial charge in [-0.3, -0.25) is 0 Å². The van der Waals surface area contributed by atoms with Crippen LogP contribution in [0.1, 0.15) is 0 Å². The molecule has 3 heterocycles. The molecule has 0 N–H and O–H groups in total. The monoisotopic (exact) mass is 587 g/mol. The predicted octanol–water partition coefficient (Wildman–Crippen LogP) is 11.1. The molecule has 0 atom stereocenters. The lowest BCUT2D eigenvalue weighted by Gasteiger charge is -2.12. The highest BCUT2D eigenvalue weighted by Crippen LogP contribution is 2.41. The molecule has 216 valence electrons. The van der Waals surface area contributed by atoms with E-state index in [1.165, 1.54) is 32.8 Å². The van der Waals surface area contributed by atoms with Crippen molar-refractivity contribution in [3.8, 4) is 45.0 Å². The van der Waals surface area contributed by atoms with Crippen molar-refractivity contribution >= 4 is 32.8 Å². The summed E-state index contributed by atoms with van der Waals surface area (Å²) in [7, 11) is 0. The lowest BCUT2D eigenvalue weighted by Crippen LogP contribution is -1.94. The molecule has 0 aliphatic carbocycles. The molecule has 0 aliphatic heterocycles. The Labute approximate surface area is 267 Å². The molecular formula is C43H29N3. The molecule has 0 fully saturated rings. The van der Waals surface area contributed by atoms with Crippen molar-refractivity contribution in [2.45, 2.75) is 0 Å². The Hall–Kier alpha value is -6.19.